The summed E-state index contributed by atoms with van der Waals surface area (Å²) in [5.74, 6) is -2.52. The number of halogens is 1. The molecule has 2 rings (SSSR count). The quantitative estimate of drug-likeness (QED) is 0.499. The highest BCUT2D eigenvalue weighted by atomic mass is 35.5. The average molecular weight is 404 g/mol. The molecule has 28 heavy (non-hydrogen) atoms. The highest BCUT2D eigenvalue weighted by molar-refractivity contribution is 6.30. The molecular formula is C19H18ClN3O5. The van der Waals surface area contributed by atoms with Gasteiger partial charge in [0.1, 0.15) is 6.54 Å². The number of rotatable bonds is 6. The molecule has 3 amide bonds. The lowest BCUT2D eigenvalue weighted by Gasteiger charge is -2.14. The van der Waals surface area contributed by atoms with Crippen LogP contribution < -0.4 is 16.2 Å². The molecule has 0 heterocycles. The van der Waals surface area contributed by atoms with Crippen LogP contribution in [0.15, 0.2) is 54.6 Å². The van der Waals surface area contributed by atoms with Gasteiger partial charge in [0.2, 0.25) is 0 Å². The van der Waals surface area contributed by atoms with Gasteiger partial charge in [-0.3, -0.25) is 30.0 Å². The molecule has 0 saturated carbocycles. The number of ether oxygens (including phenoxy) is 1. The van der Waals surface area contributed by atoms with Gasteiger partial charge in [-0.15, -0.1) is 0 Å². The topological polar surface area (TPSA) is 114 Å². The van der Waals surface area contributed by atoms with Crippen molar-refractivity contribution >= 4 is 35.3 Å². The number of carbonyl (C=O) groups is 4. The fourth-order valence-corrected chi connectivity index (χ4v) is 2.16. The van der Waals surface area contributed by atoms with Gasteiger partial charge in [-0.2, -0.15) is 0 Å². The molecule has 0 unspecified atom stereocenters. The van der Waals surface area contributed by atoms with Crippen molar-refractivity contribution in [2.45, 2.75) is 13.0 Å². The van der Waals surface area contributed by atoms with Gasteiger partial charge < -0.3 is 10.1 Å². The highest BCUT2D eigenvalue weighted by Crippen LogP contribution is 2.09. The first-order valence-electron chi connectivity index (χ1n) is 8.25. The van der Waals surface area contributed by atoms with Crippen molar-refractivity contribution in [3.63, 3.8) is 0 Å². The maximum Gasteiger partial charge on any atom is 0.326 e. The predicted octanol–water partition coefficient (Wildman–Crippen LogP) is 1.46. The first-order chi connectivity index (χ1) is 13.4. The monoisotopic (exact) mass is 403 g/mol. The summed E-state index contributed by atoms with van der Waals surface area (Å²) in [6.07, 6.45) is -1.17. The van der Waals surface area contributed by atoms with Crippen molar-refractivity contribution in [1.82, 2.24) is 16.2 Å². The Balaban J connectivity index is 1.73. The molecule has 0 bridgehead atoms. The Hall–Kier alpha value is -3.39. The van der Waals surface area contributed by atoms with E-state index in [1.54, 1.807) is 42.5 Å². The van der Waals surface area contributed by atoms with Gasteiger partial charge in [-0.05, 0) is 43.3 Å². The summed E-state index contributed by atoms with van der Waals surface area (Å²) in [5.41, 5.74) is 5.07. The Labute approximate surface area is 166 Å². The van der Waals surface area contributed by atoms with E-state index >= 15 is 0 Å². The van der Waals surface area contributed by atoms with E-state index in [1.165, 1.54) is 19.1 Å². The van der Waals surface area contributed by atoms with Crippen LogP contribution in [0.4, 0.5) is 0 Å². The molecule has 146 valence electrons. The summed E-state index contributed by atoms with van der Waals surface area (Å²) < 4.78 is 4.92. The first kappa shape index (κ1) is 20.9. The van der Waals surface area contributed by atoms with Crippen molar-refractivity contribution < 1.29 is 23.9 Å². The van der Waals surface area contributed by atoms with Gasteiger partial charge in [0, 0.05) is 16.1 Å². The average Bonchev–Trinajstić information content (AvgIpc) is 2.71. The van der Waals surface area contributed by atoms with Crippen LogP contribution in [0, 0.1) is 0 Å². The van der Waals surface area contributed by atoms with E-state index in [9.17, 15) is 19.2 Å². The molecule has 0 fully saturated rings. The smallest absolute Gasteiger partial charge is 0.326 e. The minimum atomic E-state index is -1.17. The maximum absolute atomic E-state index is 11.9. The molecular weight excluding hydrogens is 386 g/mol. The Bertz CT molecular complexity index is 856. The Kier molecular flexibility index (Phi) is 7.53. The van der Waals surface area contributed by atoms with E-state index < -0.39 is 36.3 Å². The number of benzene rings is 2. The predicted molar refractivity (Wildman–Crippen MR) is 101 cm³/mol. The molecule has 3 N–H and O–H groups in total. The van der Waals surface area contributed by atoms with Crippen LogP contribution in [0.3, 0.4) is 0 Å². The number of nitrogens with one attached hydrogen (secondary N) is 3. The van der Waals surface area contributed by atoms with Crippen molar-refractivity contribution in [1.29, 1.82) is 0 Å². The molecule has 0 aliphatic heterocycles. The van der Waals surface area contributed by atoms with Crippen molar-refractivity contribution in [3.8, 4) is 0 Å². The molecule has 0 radical (unpaired) electrons. The van der Waals surface area contributed by atoms with Crippen molar-refractivity contribution in [3.05, 3.63) is 70.7 Å². The Morgan fingerprint density at radius 2 is 1.50 bits per heavy atom. The van der Waals surface area contributed by atoms with E-state index in [0.717, 1.165) is 0 Å². The fraction of sp³-hybridized carbons (Fsp3) is 0.158. The maximum atomic E-state index is 11.9. The Morgan fingerprint density at radius 1 is 0.893 bits per heavy atom. The van der Waals surface area contributed by atoms with Gasteiger partial charge in [0.15, 0.2) is 6.10 Å². The zero-order valence-corrected chi connectivity index (χ0v) is 15.7. The van der Waals surface area contributed by atoms with Crippen LogP contribution >= 0.6 is 11.6 Å². The van der Waals surface area contributed by atoms with Gasteiger partial charge in [-0.1, -0.05) is 29.8 Å². The molecule has 1 atom stereocenters. The Morgan fingerprint density at radius 3 is 2.14 bits per heavy atom. The fourth-order valence-electron chi connectivity index (χ4n) is 2.03. The third kappa shape index (κ3) is 6.40. The van der Waals surface area contributed by atoms with Crippen molar-refractivity contribution in [2.75, 3.05) is 6.54 Å². The standard InChI is InChI=1S/C19H18ClN3O5/c1-12(17(25)22-23-19(27)13-5-3-2-4-6-13)28-16(24)11-21-18(26)14-7-9-15(20)10-8-14/h2-10,12H,11H2,1H3,(H,21,26)(H,22,25)(H,23,27)/t12-/m1/s1. The number of hydrazine groups is 1. The van der Waals surface area contributed by atoms with E-state index in [4.69, 9.17) is 16.3 Å². The van der Waals surface area contributed by atoms with Crippen LogP contribution in [-0.4, -0.2) is 36.3 Å². The summed E-state index contributed by atoms with van der Waals surface area (Å²) in [5, 5.41) is 2.86. The number of hydrogen-bond donors (Lipinski definition) is 3. The summed E-state index contributed by atoms with van der Waals surface area (Å²) in [6.45, 7) is 0.915. The number of hydrogen-bond acceptors (Lipinski definition) is 5. The van der Waals surface area contributed by atoms with Crippen LogP contribution in [0.5, 0.6) is 0 Å². The molecule has 8 nitrogen and oxygen atoms in total. The van der Waals surface area contributed by atoms with E-state index in [0.29, 0.717) is 16.1 Å². The van der Waals surface area contributed by atoms with Crippen molar-refractivity contribution in [2.24, 2.45) is 0 Å². The number of amides is 3. The van der Waals surface area contributed by atoms with Crippen LogP contribution in [0.2, 0.25) is 5.02 Å². The molecule has 0 aliphatic rings. The largest absolute Gasteiger partial charge is 0.451 e. The zero-order valence-electron chi connectivity index (χ0n) is 14.9. The van der Waals surface area contributed by atoms with Crippen LogP contribution in [0.1, 0.15) is 27.6 Å². The summed E-state index contributed by atoms with van der Waals surface area (Å²) in [4.78, 5) is 47.4. The molecule has 0 aromatic heterocycles. The SMILES string of the molecule is C[C@@H](OC(=O)CNC(=O)c1ccc(Cl)cc1)C(=O)NNC(=O)c1ccccc1. The third-order valence-corrected chi connectivity index (χ3v) is 3.76. The van der Waals surface area contributed by atoms with Crippen LogP contribution in [0.25, 0.3) is 0 Å². The minimum Gasteiger partial charge on any atom is -0.451 e. The number of esters is 1. The van der Waals surface area contributed by atoms with E-state index in [2.05, 4.69) is 16.2 Å². The van der Waals surface area contributed by atoms with Crippen LogP contribution in [-0.2, 0) is 14.3 Å². The summed E-state index contributed by atoms with van der Waals surface area (Å²) in [7, 11) is 0. The minimum absolute atomic E-state index is 0.326. The first-order valence-corrected chi connectivity index (χ1v) is 8.63. The second kappa shape index (κ2) is 10.1. The lowest BCUT2D eigenvalue weighted by atomic mass is 10.2. The number of carbonyl (C=O) groups excluding carboxylic acids is 4. The molecule has 0 spiro atoms. The van der Waals surface area contributed by atoms with Gasteiger partial charge >= 0.3 is 5.97 Å². The molecule has 9 heteroatoms. The molecule has 0 aliphatic carbocycles. The second-order valence-electron chi connectivity index (χ2n) is 5.63. The molecule has 2 aromatic carbocycles. The second-order valence-corrected chi connectivity index (χ2v) is 6.07. The summed E-state index contributed by atoms with van der Waals surface area (Å²) >= 11 is 5.74. The molecule has 0 saturated heterocycles. The van der Waals surface area contributed by atoms with Gasteiger partial charge in [-0.25, -0.2) is 0 Å². The van der Waals surface area contributed by atoms with Gasteiger partial charge in [0.05, 0.1) is 0 Å². The lowest BCUT2D eigenvalue weighted by Crippen LogP contribution is -2.47. The zero-order chi connectivity index (χ0) is 20.5. The van der Waals surface area contributed by atoms with E-state index in [-0.39, 0.29) is 0 Å². The normalized spacial score (nSPS) is 11.1. The highest BCUT2D eigenvalue weighted by Gasteiger charge is 2.19. The molecule has 2 aromatic rings. The summed E-state index contributed by atoms with van der Waals surface area (Å²) in [6, 6.07) is 14.4. The van der Waals surface area contributed by atoms with Gasteiger partial charge in [0.25, 0.3) is 17.7 Å². The lowest BCUT2D eigenvalue weighted by molar-refractivity contribution is -0.154. The van der Waals surface area contributed by atoms with E-state index in [1.807, 2.05) is 0 Å². The third-order valence-electron chi connectivity index (χ3n) is 3.51.